The molecular formula is C11H18N4O3. The number of rotatable bonds is 4. The summed E-state index contributed by atoms with van der Waals surface area (Å²) in [7, 11) is 0. The van der Waals surface area contributed by atoms with Crippen LogP contribution in [0, 0.1) is 17.0 Å². The van der Waals surface area contributed by atoms with Gasteiger partial charge in [0.15, 0.2) is 0 Å². The summed E-state index contributed by atoms with van der Waals surface area (Å²) in [6, 6.07) is 0.136. The third kappa shape index (κ3) is 2.17. The lowest BCUT2D eigenvalue weighted by Crippen LogP contribution is -2.39. The van der Waals surface area contributed by atoms with Crippen molar-refractivity contribution in [2.45, 2.75) is 51.8 Å². The third-order valence-electron chi connectivity index (χ3n) is 3.18. The highest BCUT2D eigenvalue weighted by Gasteiger charge is 2.33. The van der Waals surface area contributed by atoms with Crippen LogP contribution in [-0.2, 0) is 0 Å². The van der Waals surface area contributed by atoms with E-state index in [-0.39, 0.29) is 23.9 Å². The summed E-state index contributed by atoms with van der Waals surface area (Å²) in [5.41, 5.74) is 0.446. The Morgan fingerprint density at radius 2 is 2.17 bits per heavy atom. The van der Waals surface area contributed by atoms with Gasteiger partial charge >= 0.3 is 5.69 Å². The molecule has 7 nitrogen and oxygen atoms in total. The van der Waals surface area contributed by atoms with Crippen LogP contribution >= 0.6 is 0 Å². The Bertz CT molecular complexity index is 463. The van der Waals surface area contributed by atoms with Crippen molar-refractivity contribution in [2.24, 2.45) is 0 Å². The number of nitrogens with one attached hydrogen (secondary N) is 1. The van der Waals surface area contributed by atoms with E-state index in [1.165, 1.54) is 0 Å². The monoisotopic (exact) mass is 254 g/mol. The summed E-state index contributed by atoms with van der Waals surface area (Å²) >= 11 is 0. The first kappa shape index (κ1) is 12.8. The number of nitro groups is 1. The first-order valence-electron chi connectivity index (χ1n) is 6.08. The lowest BCUT2D eigenvalue weighted by molar-refractivity contribution is -0.384. The van der Waals surface area contributed by atoms with Crippen LogP contribution in [-0.4, -0.2) is 32.0 Å². The Balaban J connectivity index is 2.32. The largest absolute Gasteiger partial charge is 0.393 e. The summed E-state index contributed by atoms with van der Waals surface area (Å²) < 4.78 is 1.64. The average molecular weight is 254 g/mol. The van der Waals surface area contributed by atoms with Crippen molar-refractivity contribution in [1.82, 2.24) is 9.78 Å². The fourth-order valence-electron chi connectivity index (χ4n) is 2.16. The highest BCUT2D eigenvalue weighted by molar-refractivity contribution is 5.60. The number of hydrogen-bond acceptors (Lipinski definition) is 5. The molecule has 0 spiro atoms. The van der Waals surface area contributed by atoms with Crippen LogP contribution in [0.2, 0.25) is 0 Å². The molecular weight excluding hydrogens is 236 g/mol. The lowest BCUT2D eigenvalue weighted by atomic mass is 9.89. The van der Waals surface area contributed by atoms with Crippen LogP contribution < -0.4 is 5.32 Å². The number of hydrogen-bond donors (Lipinski definition) is 2. The van der Waals surface area contributed by atoms with Gasteiger partial charge in [-0.25, -0.2) is 4.68 Å². The first-order chi connectivity index (χ1) is 8.40. The summed E-state index contributed by atoms with van der Waals surface area (Å²) in [5.74, 6) is 0.449. The number of aryl methyl sites for hydroxylation is 1. The normalized spacial score (nSPS) is 22.9. The van der Waals surface area contributed by atoms with E-state index < -0.39 is 4.92 Å². The van der Waals surface area contributed by atoms with Gasteiger partial charge in [0, 0.05) is 12.1 Å². The number of aliphatic hydroxyl groups is 1. The lowest BCUT2D eigenvalue weighted by Gasteiger charge is -2.32. The molecule has 18 heavy (non-hydrogen) atoms. The summed E-state index contributed by atoms with van der Waals surface area (Å²) in [6.07, 6.45) is 0.956. The van der Waals surface area contributed by atoms with Crippen molar-refractivity contribution in [3.05, 3.63) is 15.8 Å². The predicted octanol–water partition coefficient (Wildman–Crippen LogP) is 1.62. The molecule has 0 atom stereocenters. The Hall–Kier alpha value is -1.63. The van der Waals surface area contributed by atoms with Gasteiger partial charge < -0.3 is 10.4 Å². The Kier molecular flexibility index (Phi) is 3.25. The molecule has 0 aromatic carbocycles. The Morgan fingerprint density at radius 1 is 1.56 bits per heavy atom. The summed E-state index contributed by atoms with van der Waals surface area (Å²) in [6.45, 7) is 5.49. The molecule has 7 heteroatoms. The molecule has 0 radical (unpaired) electrons. The molecule has 0 bridgehead atoms. The zero-order valence-electron chi connectivity index (χ0n) is 10.8. The van der Waals surface area contributed by atoms with E-state index >= 15 is 0 Å². The van der Waals surface area contributed by atoms with Gasteiger partial charge in [0.2, 0.25) is 5.82 Å². The van der Waals surface area contributed by atoms with Gasteiger partial charge in [-0.2, -0.15) is 5.10 Å². The molecule has 0 amide bonds. The van der Waals surface area contributed by atoms with E-state index in [0.29, 0.717) is 24.4 Å². The maximum atomic E-state index is 11.1. The molecule has 2 rings (SSSR count). The molecule has 0 saturated heterocycles. The predicted molar refractivity (Wildman–Crippen MR) is 66.7 cm³/mol. The second kappa shape index (κ2) is 4.56. The highest BCUT2D eigenvalue weighted by atomic mass is 16.6. The number of aliphatic hydroxyl groups excluding tert-OH is 1. The van der Waals surface area contributed by atoms with E-state index in [2.05, 4.69) is 10.4 Å². The minimum atomic E-state index is -0.404. The van der Waals surface area contributed by atoms with Crippen LogP contribution in [0.3, 0.4) is 0 Å². The Morgan fingerprint density at radius 3 is 2.61 bits per heavy atom. The molecule has 2 N–H and O–H groups in total. The minimum Gasteiger partial charge on any atom is -0.393 e. The van der Waals surface area contributed by atoms with Crippen molar-refractivity contribution in [3.63, 3.8) is 0 Å². The van der Waals surface area contributed by atoms with Crippen LogP contribution in [0.4, 0.5) is 11.5 Å². The van der Waals surface area contributed by atoms with Gasteiger partial charge in [-0.3, -0.25) is 10.1 Å². The van der Waals surface area contributed by atoms with Gasteiger partial charge in [-0.15, -0.1) is 0 Å². The van der Waals surface area contributed by atoms with E-state index in [9.17, 15) is 15.2 Å². The molecule has 100 valence electrons. The van der Waals surface area contributed by atoms with Gasteiger partial charge in [0.25, 0.3) is 0 Å². The van der Waals surface area contributed by atoms with Gasteiger partial charge in [0.1, 0.15) is 5.69 Å². The topological polar surface area (TPSA) is 93.2 Å². The SMILES string of the molecule is Cc1nn(C(C)C)c(NC2CC(O)C2)c1[N+](=O)[O-]. The molecule has 1 aliphatic carbocycles. The van der Waals surface area contributed by atoms with Crippen molar-refractivity contribution < 1.29 is 10.0 Å². The van der Waals surface area contributed by atoms with Gasteiger partial charge in [-0.1, -0.05) is 0 Å². The van der Waals surface area contributed by atoms with Crippen LogP contribution in [0.1, 0.15) is 38.4 Å². The van der Waals surface area contributed by atoms with Crippen molar-refractivity contribution in [2.75, 3.05) is 5.32 Å². The zero-order chi connectivity index (χ0) is 13.4. The van der Waals surface area contributed by atoms with Gasteiger partial charge in [0.05, 0.1) is 11.0 Å². The van der Waals surface area contributed by atoms with Crippen LogP contribution in [0.5, 0.6) is 0 Å². The van der Waals surface area contributed by atoms with Crippen molar-refractivity contribution in [1.29, 1.82) is 0 Å². The molecule has 1 aliphatic rings. The van der Waals surface area contributed by atoms with E-state index in [4.69, 9.17) is 0 Å². The van der Waals surface area contributed by atoms with Gasteiger partial charge in [-0.05, 0) is 33.6 Å². The Labute approximate surface area is 105 Å². The molecule has 1 aromatic rings. The van der Waals surface area contributed by atoms with Crippen LogP contribution in [0.25, 0.3) is 0 Å². The number of nitrogens with zero attached hydrogens (tertiary/aromatic N) is 3. The smallest absolute Gasteiger partial charge is 0.333 e. The number of aromatic nitrogens is 2. The highest BCUT2D eigenvalue weighted by Crippen LogP contribution is 2.33. The summed E-state index contributed by atoms with van der Waals surface area (Å²) in [4.78, 5) is 10.7. The quantitative estimate of drug-likeness (QED) is 0.629. The molecule has 1 saturated carbocycles. The molecule has 0 aliphatic heterocycles. The zero-order valence-corrected chi connectivity index (χ0v) is 10.8. The molecule has 1 aromatic heterocycles. The fraction of sp³-hybridized carbons (Fsp3) is 0.727. The third-order valence-corrected chi connectivity index (χ3v) is 3.18. The van der Waals surface area contributed by atoms with Crippen molar-refractivity contribution >= 4 is 11.5 Å². The summed E-state index contributed by atoms with van der Waals surface area (Å²) in [5, 5.41) is 27.7. The molecule has 0 unspecified atom stereocenters. The maximum Gasteiger partial charge on any atom is 0.333 e. The first-order valence-corrected chi connectivity index (χ1v) is 6.08. The maximum absolute atomic E-state index is 11.1. The molecule has 1 fully saturated rings. The second-order valence-electron chi connectivity index (χ2n) is 5.04. The van der Waals surface area contributed by atoms with E-state index in [1.54, 1.807) is 11.6 Å². The van der Waals surface area contributed by atoms with Crippen molar-refractivity contribution in [3.8, 4) is 0 Å². The minimum absolute atomic E-state index is 0.0325. The van der Waals surface area contributed by atoms with Crippen LogP contribution in [0.15, 0.2) is 0 Å². The van der Waals surface area contributed by atoms with E-state index in [0.717, 1.165) is 0 Å². The average Bonchev–Trinajstić information content (AvgIpc) is 2.53. The van der Waals surface area contributed by atoms with E-state index in [1.807, 2.05) is 13.8 Å². The fourth-order valence-corrected chi connectivity index (χ4v) is 2.16. The second-order valence-corrected chi connectivity index (χ2v) is 5.04. The molecule has 1 heterocycles. The number of anilines is 1. The standard InChI is InChI=1S/C11H18N4O3/c1-6(2)14-11(12-8-4-9(16)5-8)10(15(17)18)7(3)13-14/h6,8-9,12,16H,4-5H2,1-3H3.